The lowest BCUT2D eigenvalue weighted by atomic mass is 9.89. The van der Waals surface area contributed by atoms with Crippen molar-refractivity contribution in [3.63, 3.8) is 0 Å². The second-order valence-corrected chi connectivity index (χ2v) is 7.54. The number of hydrazone groups is 1. The summed E-state index contributed by atoms with van der Waals surface area (Å²) in [4.78, 5) is 17.6. The van der Waals surface area contributed by atoms with Crippen LogP contribution in [0.5, 0.6) is 0 Å². The van der Waals surface area contributed by atoms with Crippen molar-refractivity contribution in [2.75, 3.05) is 12.0 Å². The fourth-order valence-electron chi connectivity index (χ4n) is 3.46. The van der Waals surface area contributed by atoms with Crippen LogP contribution in [0.4, 0.5) is 5.95 Å². The van der Waals surface area contributed by atoms with Crippen molar-refractivity contribution < 1.29 is 4.74 Å². The van der Waals surface area contributed by atoms with E-state index >= 15 is 0 Å². The molecule has 2 aromatic rings. The zero-order valence-electron chi connectivity index (χ0n) is 16.6. The number of aromatic nitrogens is 2. The predicted octanol–water partition coefficient (Wildman–Crippen LogP) is 4.19. The van der Waals surface area contributed by atoms with Crippen molar-refractivity contribution in [1.82, 2.24) is 9.55 Å². The van der Waals surface area contributed by atoms with Gasteiger partial charge < -0.3 is 4.74 Å². The van der Waals surface area contributed by atoms with Crippen LogP contribution in [0.25, 0.3) is 10.9 Å². The summed E-state index contributed by atoms with van der Waals surface area (Å²) in [6.45, 7) is 7.40. The molecular formula is C21H30N4O2. The first kappa shape index (κ1) is 19.5. The van der Waals surface area contributed by atoms with Crippen molar-refractivity contribution >= 4 is 22.6 Å². The lowest BCUT2D eigenvalue weighted by Gasteiger charge is -2.20. The lowest BCUT2D eigenvalue weighted by Crippen LogP contribution is -2.26. The van der Waals surface area contributed by atoms with Crippen LogP contribution in [-0.2, 0) is 11.3 Å². The average molecular weight is 370 g/mol. The zero-order chi connectivity index (χ0) is 19.2. The number of anilines is 1. The van der Waals surface area contributed by atoms with Gasteiger partial charge in [-0.15, -0.1) is 0 Å². The van der Waals surface area contributed by atoms with E-state index in [1.165, 1.54) is 25.0 Å². The Balaban J connectivity index is 1.87. The maximum absolute atomic E-state index is 13.0. The van der Waals surface area contributed by atoms with Gasteiger partial charge in [0, 0.05) is 18.9 Å². The SMILES string of the molecule is CC(C)OCCCn1c(NN=C2CCCC[C@@H]2C)nc2ccccc2c1=O. The standard InChI is InChI=1S/C21H30N4O2/c1-15(2)27-14-8-13-25-20(26)17-10-5-7-12-19(17)22-21(25)24-23-18-11-6-4-9-16(18)3/h5,7,10,12,15-16H,4,6,8-9,11,13-14H2,1-3H3,(H,22,24)/t16-/m0/s1. The average Bonchev–Trinajstić information content (AvgIpc) is 2.66. The fourth-order valence-corrected chi connectivity index (χ4v) is 3.46. The van der Waals surface area contributed by atoms with Crippen LogP contribution in [0.2, 0.25) is 0 Å². The number of rotatable bonds is 7. The molecule has 0 spiro atoms. The number of nitrogens with zero attached hydrogens (tertiary/aromatic N) is 3. The molecule has 1 fully saturated rings. The molecular weight excluding hydrogens is 340 g/mol. The first-order valence-electron chi connectivity index (χ1n) is 10.00. The third-order valence-corrected chi connectivity index (χ3v) is 5.03. The Bertz CT molecular complexity index is 857. The highest BCUT2D eigenvalue weighted by Crippen LogP contribution is 2.21. The zero-order valence-corrected chi connectivity index (χ0v) is 16.6. The summed E-state index contributed by atoms with van der Waals surface area (Å²) in [5.41, 5.74) is 4.91. The van der Waals surface area contributed by atoms with E-state index in [0.29, 0.717) is 35.9 Å². The Kier molecular flexibility index (Phi) is 6.61. The molecule has 3 rings (SSSR count). The summed E-state index contributed by atoms with van der Waals surface area (Å²) in [7, 11) is 0. The lowest BCUT2D eigenvalue weighted by molar-refractivity contribution is 0.0748. The molecule has 0 unspecified atom stereocenters. The van der Waals surface area contributed by atoms with E-state index in [4.69, 9.17) is 4.74 Å². The molecule has 0 aliphatic heterocycles. The minimum Gasteiger partial charge on any atom is -0.379 e. The molecule has 0 amide bonds. The van der Waals surface area contributed by atoms with Gasteiger partial charge in [-0.1, -0.05) is 25.5 Å². The first-order valence-corrected chi connectivity index (χ1v) is 10.00. The molecule has 6 heteroatoms. The van der Waals surface area contributed by atoms with E-state index in [1.54, 1.807) is 4.57 Å². The molecule has 1 aliphatic carbocycles. The van der Waals surface area contributed by atoms with Gasteiger partial charge in [0.25, 0.3) is 5.56 Å². The van der Waals surface area contributed by atoms with Crippen LogP contribution in [-0.4, -0.2) is 28.0 Å². The second-order valence-electron chi connectivity index (χ2n) is 7.54. The number of hydrogen-bond donors (Lipinski definition) is 1. The van der Waals surface area contributed by atoms with Gasteiger partial charge in [0.05, 0.1) is 17.0 Å². The number of hydrogen-bond acceptors (Lipinski definition) is 5. The van der Waals surface area contributed by atoms with E-state index in [-0.39, 0.29) is 11.7 Å². The molecule has 0 radical (unpaired) electrons. The Hall–Kier alpha value is -2.21. The second kappa shape index (κ2) is 9.13. The maximum Gasteiger partial charge on any atom is 0.262 e. The van der Waals surface area contributed by atoms with Crippen molar-refractivity contribution in [2.24, 2.45) is 11.0 Å². The van der Waals surface area contributed by atoms with E-state index in [9.17, 15) is 4.79 Å². The molecule has 27 heavy (non-hydrogen) atoms. The summed E-state index contributed by atoms with van der Waals surface area (Å²) in [5, 5.41) is 5.24. The molecule has 1 atom stereocenters. The quantitative estimate of drug-likeness (QED) is 0.586. The number of benzene rings is 1. The Morgan fingerprint density at radius 2 is 2.15 bits per heavy atom. The summed E-state index contributed by atoms with van der Waals surface area (Å²) < 4.78 is 7.30. The Morgan fingerprint density at radius 3 is 2.93 bits per heavy atom. The number of ether oxygens (including phenoxy) is 1. The van der Waals surface area contributed by atoms with Gasteiger partial charge in [-0.3, -0.25) is 9.36 Å². The van der Waals surface area contributed by atoms with Gasteiger partial charge in [-0.2, -0.15) is 5.10 Å². The van der Waals surface area contributed by atoms with Crippen molar-refractivity contribution in [3.05, 3.63) is 34.6 Å². The van der Waals surface area contributed by atoms with Crippen LogP contribution in [0.3, 0.4) is 0 Å². The molecule has 1 aromatic heterocycles. The van der Waals surface area contributed by atoms with E-state index < -0.39 is 0 Å². The van der Waals surface area contributed by atoms with Gasteiger partial charge in [0.1, 0.15) is 0 Å². The summed E-state index contributed by atoms with van der Waals surface area (Å²) >= 11 is 0. The van der Waals surface area contributed by atoms with Crippen LogP contribution < -0.4 is 11.0 Å². The topological polar surface area (TPSA) is 68.5 Å². The van der Waals surface area contributed by atoms with Crippen molar-refractivity contribution in [1.29, 1.82) is 0 Å². The highest BCUT2D eigenvalue weighted by atomic mass is 16.5. The minimum atomic E-state index is -0.0375. The van der Waals surface area contributed by atoms with Gasteiger partial charge in [0.15, 0.2) is 0 Å². The third-order valence-electron chi connectivity index (χ3n) is 5.03. The third kappa shape index (κ3) is 4.95. The van der Waals surface area contributed by atoms with Crippen LogP contribution >= 0.6 is 0 Å². The number of fused-ring (bicyclic) bond motifs is 1. The van der Waals surface area contributed by atoms with Gasteiger partial charge >= 0.3 is 0 Å². The van der Waals surface area contributed by atoms with Crippen LogP contribution in [0.15, 0.2) is 34.2 Å². The summed E-state index contributed by atoms with van der Waals surface area (Å²) in [5.74, 6) is 0.986. The highest BCUT2D eigenvalue weighted by molar-refractivity contribution is 5.87. The highest BCUT2D eigenvalue weighted by Gasteiger charge is 2.16. The molecule has 6 nitrogen and oxygen atoms in total. The normalized spacial score (nSPS) is 19.1. The molecule has 0 saturated heterocycles. The molecule has 0 bridgehead atoms. The molecule has 1 saturated carbocycles. The maximum atomic E-state index is 13.0. The largest absolute Gasteiger partial charge is 0.379 e. The van der Waals surface area contributed by atoms with Crippen LogP contribution in [0, 0.1) is 5.92 Å². The molecule has 146 valence electrons. The number of para-hydroxylation sites is 1. The smallest absolute Gasteiger partial charge is 0.262 e. The molecule has 1 aromatic carbocycles. The molecule has 1 heterocycles. The van der Waals surface area contributed by atoms with Gasteiger partial charge in [0.2, 0.25) is 5.95 Å². The monoisotopic (exact) mass is 370 g/mol. The van der Waals surface area contributed by atoms with E-state index in [2.05, 4.69) is 22.4 Å². The minimum absolute atomic E-state index is 0.0375. The Morgan fingerprint density at radius 1 is 1.33 bits per heavy atom. The summed E-state index contributed by atoms with van der Waals surface area (Å²) in [6, 6.07) is 7.46. The first-order chi connectivity index (χ1) is 13.1. The van der Waals surface area contributed by atoms with Crippen LogP contribution in [0.1, 0.15) is 52.9 Å². The predicted molar refractivity (Wildman–Crippen MR) is 110 cm³/mol. The fraction of sp³-hybridized carbons (Fsp3) is 0.571. The van der Waals surface area contributed by atoms with Gasteiger partial charge in [-0.25, -0.2) is 10.4 Å². The summed E-state index contributed by atoms with van der Waals surface area (Å²) in [6.07, 6.45) is 5.55. The van der Waals surface area contributed by atoms with E-state index in [1.807, 2.05) is 38.1 Å². The van der Waals surface area contributed by atoms with E-state index in [0.717, 1.165) is 12.8 Å². The van der Waals surface area contributed by atoms with Crippen molar-refractivity contribution in [3.8, 4) is 0 Å². The number of nitrogens with one attached hydrogen (secondary N) is 1. The van der Waals surface area contributed by atoms with Gasteiger partial charge in [-0.05, 0) is 57.6 Å². The Labute approximate surface area is 160 Å². The van der Waals surface area contributed by atoms with Crippen molar-refractivity contribution in [2.45, 2.75) is 65.5 Å². The molecule has 1 N–H and O–H groups in total. The molecule has 1 aliphatic rings.